The van der Waals surface area contributed by atoms with Crippen LogP contribution in [0.4, 0.5) is 5.69 Å². The summed E-state index contributed by atoms with van der Waals surface area (Å²) in [7, 11) is 1.58. The molecule has 6 heteroatoms. The van der Waals surface area contributed by atoms with Gasteiger partial charge in [0.2, 0.25) is 0 Å². The van der Waals surface area contributed by atoms with Gasteiger partial charge in [-0.25, -0.2) is 0 Å². The third-order valence-electron chi connectivity index (χ3n) is 4.78. The lowest BCUT2D eigenvalue weighted by molar-refractivity contribution is -0.703. The molecule has 1 amide bonds. The Kier molecular flexibility index (Phi) is 6.96. The fourth-order valence-electron chi connectivity index (χ4n) is 3.38. The number of halogens is 1. The number of ether oxygens (including phenoxy) is 2. The second-order valence-electron chi connectivity index (χ2n) is 6.80. The van der Waals surface area contributed by atoms with Crippen LogP contribution in [0.5, 0.6) is 11.5 Å². The van der Waals surface area contributed by atoms with Gasteiger partial charge in [-0.2, -0.15) is 0 Å². The van der Waals surface area contributed by atoms with E-state index in [1.54, 1.807) is 7.11 Å². The van der Waals surface area contributed by atoms with Gasteiger partial charge < -0.3 is 20.1 Å². The molecule has 0 bridgehead atoms. The molecule has 3 N–H and O–H groups in total. The molecule has 5 nitrogen and oxygen atoms in total. The maximum atomic E-state index is 12.1. The molecule has 1 fully saturated rings. The molecule has 0 saturated heterocycles. The number of hydrogen-bond acceptors (Lipinski definition) is 3. The van der Waals surface area contributed by atoms with Crippen molar-refractivity contribution in [2.45, 2.75) is 38.3 Å². The highest BCUT2D eigenvalue weighted by Crippen LogP contribution is 2.36. The summed E-state index contributed by atoms with van der Waals surface area (Å²) in [5.74, 6) is 0.690. The largest absolute Gasteiger partial charge is 0.493 e. The normalized spacial score (nSPS) is 14.1. The number of hydrogen-bond donors (Lipinski definition) is 2. The van der Waals surface area contributed by atoms with Gasteiger partial charge in [-0.1, -0.05) is 29.8 Å². The summed E-state index contributed by atoms with van der Waals surface area (Å²) >= 11 is 6.40. The molecule has 1 saturated carbocycles. The van der Waals surface area contributed by atoms with Crippen molar-refractivity contribution in [3.05, 3.63) is 53.1 Å². The van der Waals surface area contributed by atoms with Gasteiger partial charge in [0.05, 0.1) is 18.2 Å². The van der Waals surface area contributed by atoms with Gasteiger partial charge >= 0.3 is 0 Å². The van der Waals surface area contributed by atoms with Gasteiger partial charge in [0.15, 0.2) is 18.1 Å². The van der Waals surface area contributed by atoms with Crippen LogP contribution >= 0.6 is 11.6 Å². The second kappa shape index (κ2) is 9.62. The van der Waals surface area contributed by atoms with Crippen LogP contribution in [0.1, 0.15) is 31.2 Å². The average molecular weight is 390 g/mol. The Balaban J connectivity index is 1.59. The Morgan fingerprint density at radius 3 is 2.67 bits per heavy atom. The molecule has 2 aromatic rings. The molecular formula is C21H26ClN2O3+. The number of carbonyl (C=O) groups excluding carboxylic acids is 1. The summed E-state index contributed by atoms with van der Waals surface area (Å²) in [4.78, 5) is 12.1. The molecule has 0 aromatic heterocycles. The van der Waals surface area contributed by atoms with Crippen molar-refractivity contribution in [1.29, 1.82) is 0 Å². The fourth-order valence-corrected chi connectivity index (χ4v) is 3.67. The van der Waals surface area contributed by atoms with E-state index in [1.165, 1.54) is 25.7 Å². The van der Waals surface area contributed by atoms with Crippen LogP contribution < -0.4 is 20.1 Å². The quantitative estimate of drug-likeness (QED) is 0.727. The van der Waals surface area contributed by atoms with E-state index in [1.807, 2.05) is 42.5 Å². The van der Waals surface area contributed by atoms with E-state index < -0.39 is 0 Å². The van der Waals surface area contributed by atoms with Gasteiger partial charge in [0.25, 0.3) is 5.91 Å². The molecule has 1 aliphatic rings. The first-order valence-corrected chi connectivity index (χ1v) is 9.71. The summed E-state index contributed by atoms with van der Waals surface area (Å²) in [6.45, 7) is 0.716. The van der Waals surface area contributed by atoms with Crippen molar-refractivity contribution in [1.82, 2.24) is 0 Å². The van der Waals surface area contributed by atoms with Crippen LogP contribution in [-0.2, 0) is 11.3 Å². The Morgan fingerprint density at radius 2 is 1.96 bits per heavy atom. The Labute approximate surface area is 165 Å². The van der Waals surface area contributed by atoms with Crippen LogP contribution in [-0.4, -0.2) is 25.7 Å². The summed E-state index contributed by atoms with van der Waals surface area (Å²) in [6, 6.07) is 13.8. The summed E-state index contributed by atoms with van der Waals surface area (Å²) in [5.41, 5.74) is 1.81. The first-order chi connectivity index (χ1) is 13.2. The monoisotopic (exact) mass is 389 g/mol. The number of rotatable bonds is 8. The van der Waals surface area contributed by atoms with Crippen LogP contribution in [0.15, 0.2) is 42.5 Å². The SMILES string of the molecule is COc1cc(C[NH2+]C2CCCC2)cc(Cl)c1OCC(=O)Nc1ccccc1. The van der Waals surface area contributed by atoms with Crippen molar-refractivity contribution in [2.75, 3.05) is 19.0 Å². The summed E-state index contributed by atoms with van der Waals surface area (Å²) in [5, 5.41) is 5.60. The Bertz CT molecular complexity index is 762. The van der Waals surface area contributed by atoms with E-state index >= 15 is 0 Å². The molecule has 1 aliphatic carbocycles. The van der Waals surface area contributed by atoms with Crippen molar-refractivity contribution < 1.29 is 19.6 Å². The van der Waals surface area contributed by atoms with Crippen LogP contribution in [0, 0.1) is 0 Å². The van der Waals surface area contributed by atoms with Crippen molar-refractivity contribution in [3.8, 4) is 11.5 Å². The van der Waals surface area contributed by atoms with E-state index in [2.05, 4.69) is 10.6 Å². The first kappa shape index (κ1) is 19.5. The molecule has 0 spiro atoms. The molecule has 2 aromatic carbocycles. The molecular weight excluding hydrogens is 364 g/mol. The van der Waals surface area contributed by atoms with E-state index in [4.69, 9.17) is 21.1 Å². The number of nitrogens with two attached hydrogens (primary N) is 1. The van der Waals surface area contributed by atoms with Gasteiger partial charge in [-0.15, -0.1) is 0 Å². The smallest absolute Gasteiger partial charge is 0.262 e. The maximum Gasteiger partial charge on any atom is 0.262 e. The summed E-state index contributed by atoms with van der Waals surface area (Å²) < 4.78 is 11.1. The van der Waals surface area contributed by atoms with Gasteiger partial charge in [0, 0.05) is 11.3 Å². The zero-order valence-corrected chi connectivity index (χ0v) is 16.3. The molecule has 0 aliphatic heterocycles. The minimum absolute atomic E-state index is 0.140. The van der Waals surface area contributed by atoms with Crippen LogP contribution in [0.25, 0.3) is 0 Å². The molecule has 0 atom stereocenters. The van der Waals surface area contributed by atoms with Crippen molar-refractivity contribution >= 4 is 23.2 Å². The summed E-state index contributed by atoms with van der Waals surface area (Å²) in [6.07, 6.45) is 5.21. The number of benzene rings is 2. The predicted molar refractivity (Wildman–Crippen MR) is 106 cm³/mol. The van der Waals surface area contributed by atoms with E-state index in [-0.39, 0.29) is 12.5 Å². The molecule has 3 rings (SSSR count). The number of amides is 1. The highest BCUT2D eigenvalue weighted by atomic mass is 35.5. The molecule has 0 heterocycles. The minimum atomic E-state index is -0.252. The Hall–Kier alpha value is -2.24. The molecule has 144 valence electrons. The lowest BCUT2D eigenvalue weighted by Gasteiger charge is -2.15. The molecule has 0 unspecified atom stereocenters. The van der Waals surface area contributed by atoms with E-state index in [0.29, 0.717) is 22.6 Å². The number of quaternary nitrogens is 1. The van der Waals surface area contributed by atoms with Gasteiger partial charge in [0.1, 0.15) is 6.54 Å². The first-order valence-electron chi connectivity index (χ1n) is 9.33. The van der Waals surface area contributed by atoms with Crippen molar-refractivity contribution in [3.63, 3.8) is 0 Å². The third kappa shape index (κ3) is 5.62. The van der Waals surface area contributed by atoms with Crippen molar-refractivity contribution in [2.24, 2.45) is 0 Å². The standard InChI is InChI=1S/C21H25ClN2O3/c1-26-19-12-15(13-23-16-7-5-6-8-16)11-18(22)21(19)27-14-20(25)24-17-9-3-2-4-10-17/h2-4,9-12,16,23H,5-8,13-14H2,1H3,(H,24,25)/p+1. The number of nitrogens with one attached hydrogen (secondary N) is 1. The number of para-hydroxylation sites is 1. The van der Waals surface area contributed by atoms with Crippen LogP contribution in [0.3, 0.4) is 0 Å². The number of methoxy groups -OCH3 is 1. The zero-order valence-electron chi connectivity index (χ0n) is 15.5. The fraction of sp³-hybridized carbons (Fsp3) is 0.381. The molecule has 27 heavy (non-hydrogen) atoms. The van der Waals surface area contributed by atoms with Gasteiger partial charge in [-0.05, 0) is 49.9 Å². The lowest BCUT2D eigenvalue weighted by Crippen LogP contribution is -2.87. The third-order valence-corrected chi connectivity index (χ3v) is 5.06. The zero-order chi connectivity index (χ0) is 19.1. The highest BCUT2D eigenvalue weighted by Gasteiger charge is 2.19. The Morgan fingerprint density at radius 1 is 1.22 bits per heavy atom. The average Bonchev–Trinajstić information content (AvgIpc) is 3.19. The van der Waals surface area contributed by atoms with Gasteiger partial charge in [-0.3, -0.25) is 4.79 Å². The maximum absolute atomic E-state index is 12.1. The molecule has 0 radical (unpaired) electrons. The minimum Gasteiger partial charge on any atom is -0.493 e. The topological polar surface area (TPSA) is 64.2 Å². The van der Waals surface area contributed by atoms with E-state index in [0.717, 1.165) is 17.8 Å². The predicted octanol–water partition coefficient (Wildman–Crippen LogP) is 3.37. The lowest BCUT2D eigenvalue weighted by atomic mass is 10.1. The highest BCUT2D eigenvalue weighted by molar-refractivity contribution is 6.32. The number of carbonyl (C=O) groups is 1. The van der Waals surface area contributed by atoms with Crippen LogP contribution in [0.2, 0.25) is 5.02 Å². The number of anilines is 1. The van der Waals surface area contributed by atoms with E-state index in [9.17, 15) is 4.79 Å². The second-order valence-corrected chi connectivity index (χ2v) is 7.20.